The van der Waals surface area contributed by atoms with E-state index in [1.165, 1.54) is 57.9 Å². The van der Waals surface area contributed by atoms with Crippen LogP contribution in [-0.2, 0) is 5.41 Å². The van der Waals surface area contributed by atoms with Gasteiger partial charge in [-0.3, -0.25) is 0 Å². The summed E-state index contributed by atoms with van der Waals surface area (Å²) in [7, 11) is 0. The quantitative estimate of drug-likeness (QED) is 0.812. The molecule has 112 valence electrons. The third kappa shape index (κ3) is 2.82. The summed E-state index contributed by atoms with van der Waals surface area (Å²) in [6.07, 6.45) is 11.7. The molecule has 0 atom stereocenters. The molecule has 0 saturated heterocycles. The van der Waals surface area contributed by atoms with Gasteiger partial charge in [-0.25, -0.2) is 0 Å². The maximum atomic E-state index is 3.72. The summed E-state index contributed by atoms with van der Waals surface area (Å²) in [5.74, 6) is 0. The van der Waals surface area contributed by atoms with Gasteiger partial charge in [0.15, 0.2) is 0 Å². The Hall–Kier alpha value is -0.340. The van der Waals surface area contributed by atoms with Gasteiger partial charge in [0.2, 0.25) is 0 Å². The number of nitrogens with one attached hydrogen (secondary N) is 1. The van der Waals surface area contributed by atoms with E-state index in [0.29, 0.717) is 16.9 Å². The fourth-order valence-corrected chi connectivity index (χ4v) is 5.51. The van der Waals surface area contributed by atoms with E-state index in [9.17, 15) is 0 Å². The minimum absolute atomic E-state index is 0.447. The van der Waals surface area contributed by atoms with Gasteiger partial charge in [-0.15, -0.1) is 11.3 Å². The average Bonchev–Trinajstić information content (AvgIpc) is 2.81. The highest BCUT2D eigenvalue weighted by Crippen LogP contribution is 2.61. The lowest BCUT2D eigenvalue weighted by Gasteiger charge is -2.57. The molecule has 2 aliphatic carbocycles. The zero-order chi connectivity index (χ0) is 14.1. The van der Waals surface area contributed by atoms with Crippen LogP contribution in [0.1, 0.15) is 70.1 Å². The highest BCUT2D eigenvalue weighted by atomic mass is 32.1. The second-order valence-corrected chi connectivity index (χ2v) is 8.51. The Bertz CT molecular complexity index is 405. The molecular weight excluding hydrogens is 262 g/mol. The second kappa shape index (κ2) is 5.81. The Kier molecular flexibility index (Phi) is 4.24. The van der Waals surface area contributed by atoms with E-state index in [1.807, 2.05) is 11.3 Å². The number of hydrogen-bond donors (Lipinski definition) is 1. The molecule has 2 aliphatic rings. The molecule has 1 spiro atoms. The highest BCUT2D eigenvalue weighted by molar-refractivity contribution is 7.10. The van der Waals surface area contributed by atoms with E-state index in [1.54, 1.807) is 4.88 Å². The van der Waals surface area contributed by atoms with Gasteiger partial charge in [0.1, 0.15) is 0 Å². The van der Waals surface area contributed by atoms with Gasteiger partial charge in [0.05, 0.1) is 0 Å². The van der Waals surface area contributed by atoms with Crippen molar-refractivity contribution in [1.82, 2.24) is 5.32 Å². The molecule has 1 heterocycles. The normalized spacial score (nSPS) is 24.6. The maximum Gasteiger partial charge on any atom is 0.0182 e. The summed E-state index contributed by atoms with van der Waals surface area (Å²) in [5.41, 5.74) is 1.14. The van der Waals surface area contributed by atoms with Crippen LogP contribution in [0, 0.1) is 5.41 Å². The smallest absolute Gasteiger partial charge is 0.0182 e. The largest absolute Gasteiger partial charge is 0.314 e. The zero-order valence-corrected chi connectivity index (χ0v) is 13.9. The van der Waals surface area contributed by atoms with E-state index in [2.05, 4.69) is 36.7 Å². The van der Waals surface area contributed by atoms with E-state index in [4.69, 9.17) is 0 Å². The molecule has 0 unspecified atom stereocenters. The fourth-order valence-electron chi connectivity index (χ4n) is 4.58. The lowest BCUT2D eigenvalue weighted by atomic mass is 9.49. The minimum Gasteiger partial charge on any atom is -0.314 e. The van der Waals surface area contributed by atoms with Gasteiger partial charge in [-0.05, 0) is 42.5 Å². The molecule has 0 amide bonds. The Morgan fingerprint density at radius 3 is 2.40 bits per heavy atom. The van der Waals surface area contributed by atoms with E-state index in [0.717, 1.165) is 0 Å². The molecule has 0 aliphatic heterocycles. The number of thiophene rings is 1. The first-order chi connectivity index (χ1) is 9.64. The van der Waals surface area contributed by atoms with Crippen LogP contribution in [0.3, 0.4) is 0 Å². The van der Waals surface area contributed by atoms with Crippen LogP contribution < -0.4 is 5.32 Å². The SMILES string of the molecule is CC(C)NCC1(c2cccs2)CC2(CCCCCC2)C1. The number of rotatable bonds is 4. The van der Waals surface area contributed by atoms with E-state index >= 15 is 0 Å². The predicted octanol–water partition coefficient (Wildman–Crippen LogP) is 5.12. The van der Waals surface area contributed by atoms with Crippen molar-refractivity contribution in [3.63, 3.8) is 0 Å². The van der Waals surface area contributed by atoms with Crippen molar-refractivity contribution in [2.75, 3.05) is 6.54 Å². The van der Waals surface area contributed by atoms with Crippen LogP contribution in [0.4, 0.5) is 0 Å². The monoisotopic (exact) mass is 291 g/mol. The molecule has 1 N–H and O–H groups in total. The highest BCUT2D eigenvalue weighted by Gasteiger charge is 2.54. The number of hydrogen-bond acceptors (Lipinski definition) is 2. The topological polar surface area (TPSA) is 12.0 Å². The van der Waals surface area contributed by atoms with E-state index < -0.39 is 0 Å². The van der Waals surface area contributed by atoms with E-state index in [-0.39, 0.29) is 0 Å². The predicted molar refractivity (Wildman–Crippen MR) is 88.5 cm³/mol. The molecule has 2 saturated carbocycles. The summed E-state index contributed by atoms with van der Waals surface area (Å²) < 4.78 is 0. The molecule has 0 aromatic carbocycles. The Morgan fingerprint density at radius 1 is 1.15 bits per heavy atom. The summed E-state index contributed by atoms with van der Waals surface area (Å²) >= 11 is 1.97. The van der Waals surface area contributed by atoms with Gasteiger partial charge in [0, 0.05) is 22.9 Å². The van der Waals surface area contributed by atoms with Gasteiger partial charge in [-0.2, -0.15) is 0 Å². The van der Waals surface area contributed by atoms with Gasteiger partial charge in [-0.1, -0.05) is 45.6 Å². The molecular formula is C18H29NS. The van der Waals surface area contributed by atoms with Crippen LogP contribution in [-0.4, -0.2) is 12.6 Å². The summed E-state index contributed by atoms with van der Waals surface area (Å²) in [5, 5.41) is 5.98. The second-order valence-electron chi connectivity index (χ2n) is 7.56. The Balaban J connectivity index is 1.73. The molecule has 1 aromatic heterocycles. The molecule has 0 radical (unpaired) electrons. The first kappa shape index (κ1) is 14.6. The van der Waals surface area contributed by atoms with Gasteiger partial charge in [0.25, 0.3) is 0 Å². The minimum atomic E-state index is 0.447. The standard InChI is InChI=1S/C18H29NS/c1-15(2)19-14-18(16-8-7-11-20-16)12-17(13-18)9-5-3-4-6-10-17/h7-8,11,15,19H,3-6,9-10,12-14H2,1-2H3. The molecule has 2 fully saturated rings. The first-order valence-corrected chi connectivity index (χ1v) is 9.30. The molecule has 1 nitrogen and oxygen atoms in total. The third-order valence-corrected chi connectivity index (χ3v) is 6.60. The van der Waals surface area contributed by atoms with Crippen molar-refractivity contribution in [2.45, 2.75) is 76.7 Å². The molecule has 3 rings (SSSR count). The maximum absolute atomic E-state index is 3.72. The first-order valence-electron chi connectivity index (χ1n) is 8.42. The van der Waals surface area contributed by atoms with Crippen molar-refractivity contribution in [3.8, 4) is 0 Å². The lowest BCUT2D eigenvalue weighted by molar-refractivity contribution is 0.00730. The molecule has 0 bridgehead atoms. The molecule has 20 heavy (non-hydrogen) atoms. The Morgan fingerprint density at radius 2 is 1.85 bits per heavy atom. The van der Waals surface area contributed by atoms with Crippen molar-refractivity contribution in [2.24, 2.45) is 5.41 Å². The fraction of sp³-hybridized carbons (Fsp3) is 0.778. The van der Waals surface area contributed by atoms with Crippen molar-refractivity contribution in [3.05, 3.63) is 22.4 Å². The van der Waals surface area contributed by atoms with Gasteiger partial charge < -0.3 is 5.32 Å². The van der Waals surface area contributed by atoms with Crippen molar-refractivity contribution in [1.29, 1.82) is 0 Å². The van der Waals surface area contributed by atoms with Crippen LogP contribution in [0.25, 0.3) is 0 Å². The summed E-state index contributed by atoms with van der Waals surface area (Å²) in [6.45, 7) is 5.71. The Labute approximate surface area is 128 Å². The van der Waals surface area contributed by atoms with Crippen LogP contribution in [0.5, 0.6) is 0 Å². The third-order valence-electron chi connectivity index (χ3n) is 5.48. The molecule has 1 aromatic rings. The summed E-state index contributed by atoms with van der Waals surface area (Å²) in [4.78, 5) is 1.63. The zero-order valence-electron chi connectivity index (χ0n) is 13.1. The van der Waals surface area contributed by atoms with Crippen LogP contribution in [0.2, 0.25) is 0 Å². The average molecular weight is 292 g/mol. The van der Waals surface area contributed by atoms with Gasteiger partial charge >= 0.3 is 0 Å². The van der Waals surface area contributed by atoms with Crippen molar-refractivity contribution < 1.29 is 0 Å². The van der Waals surface area contributed by atoms with Crippen LogP contribution >= 0.6 is 11.3 Å². The summed E-state index contributed by atoms with van der Waals surface area (Å²) in [6, 6.07) is 5.20. The molecule has 2 heteroatoms. The van der Waals surface area contributed by atoms with Crippen molar-refractivity contribution >= 4 is 11.3 Å². The lowest BCUT2D eigenvalue weighted by Crippen LogP contribution is -2.55. The van der Waals surface area contributed by atoms with Crippen LogP contribution in [0.15, 0.2) is 17.5 Å².